The van der Waals surface area contributed by atoms with Gasteiger partial charge in [0.05, 0.1) is 25.5 Å². The molecule has 0 aromatic carbocycles. The van der Waals surface area contributed by atoms with Gasteiger partial charge in [0, 0.05) is 6.54 Å². The summed E-state index contributed by atoms with van der Waals surface area (Å²) >= 11 is 0. The van der Waals surface area contributed by atoms with Gasteiger partial charge in [-0.25, -0.2) is 0 Å². The summed E-state index contributed by atoms with van der Waals surface area (Å²) in [5.41, 5.74) is 5.37. The molecule has 2 aliphatic heterocycles. The fourth-order valence-electron chi connectivity index (χ4n) is 3.24. The Labute approximate surface area is 171 Å². The lowest BCUT2D eigenvalue weighted by atomic mass is 9.96. The van der Waals surface area contributed by atoms with Crippen molar-refractivity contribution in [2.75, 3.05) is 25.9 Å². The Morgan fingerprint density at radius 3 is 2.03 bits per heavy atom. The smallest absolute Gasteiger partial charge is 0.325 e. The molecule has 0 aromatic rings. The van der Waals surface area contributed by atoms with Gasteiger partial charge in [0.1, 0.15) is 42.7 Å². The van der Waals surface area contributed by atoms with Crippen LogP contribution in [0.1, 0.15) is 6.42 Å². The maximum Gasteiger partial charge on any atom is 0.325 e. The Morgan fingerprint density at radius 2 is 1.47 bits per heavy atom. The number of rotatable bonds is 9. The quantitative estimate of drug-likeness (QED) is 0.146. The molecule has 2 rings (SSSR count). The molecule has 0 aliphatic carbocycles. The van der Waals surface area contributed by atoms with Crippen molar-refractivity contribution in [3.05, 3.63) is 0 Å². The van der Waals surface area contributed by atoms with Crippen LogP contribution in [-0.4, -0.2) is 128 Å². The molecule has 4 unspecified atom stereocenters. The van der Waals surface area contributed by atoms with Crippen LogP contribution in [0.25, 0.3) is 0 Å². The SMILES string of the molecule is NCCO[C@H]1OC(CO)[C@@H](O)[C@H](O)C1O[C@H]1OC(CCP(=O)(O)O)[C@@H](O)[C@H](O)C1O. The van der Waals surface area contributed by atoms with Crippen LogP contribution >= 0.6 is 7.60 Å². The van der Waals surface area contributed by atoms with E-state index in [4.69, 9.17) is 34.5 Å². The van der Waals surface area contributed by atoms with E-state index in [1.54, 1.807) is 0 Å². The fourth-order valence-corrected chi connectivity index (χ4v) is 3.83. The maximum atomic E-state index is 11.1. The van der Waals surface area contributed by atoms with E-state index < -0.39 is 81.8 Å². The van der Waals surface area contributed by atoms with Crippen LogP contribution in [0.4, 0.5) is 0 Å². The largest absolute Gasteiger partial charge is 0.394 e. The van der Waals surface area contributed by atoms with Crippen molar-refractivity contribution < 1.29 is 63.9 Å². The van der Waals surface area contributed by atoms with Crippen molar-refractivity contribution in [1.29, 1.82) is 0 Å². The molecular formula is C15H30NO13P. The molecule has 0 amide bonds. The molecule has 0 saturated carbocycles. The van der Waals surface area contributed by atoms with Crippen LogP contribution in [0.3, 0.4) is 0 Å². The standard InChI is InChI=1S/C15H30NO13P/c16-2-3-26-15-13(11(21)9(19)7(5-17)28-15)29-14-12(22)10(20)8(18)6(27-14)1-4-30(23,24)25/h6-15,17-22H,1-5,16H2,(H2,23,24,25)/t6?,7?,8-,9-,10+,11+,12?,13?,14-,15+/m1/s1. The van der Waals surface area contributed by atoms with Crippen LogP contribution < -0.4 is 5.73 Å². The van der Waals surface area contributed by atoms with Crippen molar-refractivity contribution in [1.82, 2.24) is 0 Å². The molecule has 15 heteroatoms. The van der Waals surface area contributed by atoms with Crippen molar-refractivity contribution in [2.45, 2.75) is 67.8 Å². The number of hydrogen-bond donors (Lipinski definition) is 9. The molecule has 2 heterocycles. The fraction of sp³-hybridized carbons (Fsp3) is 1.00. The van der Waals surface area contributed by atoms with Crippen molar-refractivity contribution >= 4 is 7.60 Å². The molecule has 0 bridgehead atoms. The Kier molecular flexibility index (Phi) is 9.55. The second-order valence-corrected chi connectivity index (χ2v) is 8.94. The zero-order valence-corrected chi connectivity index (χ0v) is 16.8. The number of nitrogens with two attached hydrogens (primary N) is 1. The van der Waals surface area contributed by atoms with Crippen LogP contribution in [-0.2, 0) is 23.5 Å². The second-order valence-electron chi connectivity index (χ2n) is 7.16. The van der Waals surface area contributed by atoms with E-state index in [1.807, 2.05) is 0 Å². The maximum absolute atomic E-state index is 11.1. The highest BCUT2D eigenvalue weighted by Gasteiger charge is 2.51. The van der Waals surface area contributed by atoms with Gasteiger partial charge in [0.15, 0.2) is 12.6 Å². The highest BCUT2D eigenvalue weighted by molar-refractivity contribution is 7.51. The van der Waals surface area contributed by atoms with E-state index >= 15 is 0 Å². The molecule has 0 spiro atoms. The third-order valence-electron chi connectivity index (χ3n) is 4.89. The van der Waals surface area contributed by atoms with Gasteiger partial charge >= 0.3 is 7.60 Å². The summed E-state index contributed by atoms with van der Waals surface area (Å²) in [7, 11) is -4.42. The molecular weight excluding hydrogens is 433 g/mol. The Hall–Kier alpha value is -0.290. The Balaban J connectivity index is 2.15. The minimum atomic E-state index is -4.42. The van der Waals surface area contributed by atoms with Gasteiger partial charge in [-0.05, 0) is 6.42 Å². The monoisotopic (exact) mass is 463 g/mol. The van der Waals surface area contributed by atoms with Gasteiger partial charge in [0.2, 0.25) is 0 Å². The van der Waals surface area contributed by atoms with Crippen molar-refractivity contribution in [3.8, 4) is 0 Å². The Bertz CT molecular complexity index is 579. The van der Waals surface area contributed by atoms with Gasteiger partial charge in [0.25, 0.3) is 0 Å². The second kappa shape index (κ2) is 11.0. The predicted molar refractivity (Wildman–Crippen MR) is 95.8 cm³/mol. The number of hydrogen-bond acceptors (Lipinski definition) is 12. The number of aliphatic hydroxyl groups is 6. The molecule has 0 radical (unpaired) electrons. The summed E-state index contributed by atoms with van der Waals surface area (Å²) in [4.78, 5) is 18.0. The zero-order chi connectivity index (χ0) is 22.6. The molecule has 0 aromatic heterocycles. The first-order valence-electron chi connectivity index (χ1n) is 9.34. The summed E-state index contributed by atoms with van der Waals surface area (Å²) in [6.07, 6.45) is -16.5. The molecule has 30 heavy (non-hydrogen) atoms. The molecule has 14 nitrogen and oxygen atoms in total. The highest BCUT2D eigenvalue weighted by Crippen LogP contribution is 2.37. The topological polar surface area (TPSA) is 242 Å². The predicted octanol–water partition coefficient (Wildman–Crippen LogP) is -4.84. The van der Waals surface area contributed by atoms with E-state index in [2.05, 4.69) is 0 Å². The number of ether oxygens (including phenoxy) is 4. The summed E-state index contributed by atoms with van der Waals surface area (Å²) < 4.78 is 32.6. The summed E-state index contributed by atoms with van der Waals surface area (Å²) in [6, 6.07) is 0. The van der Waals surface area contributed by atoms with Crippen LogP contribution in [0.15, 0.2) is 0 Å². The minimum absolute atomic E-state index is 0.0359. The van der Waals surface area contributed by atoms with Gasteiger partial charge in [-0.3, -0.25) is 4.57 Å². The van der Waals surface area contributed by atoms with Crippen LogP contribution in [0.5, 0.6) is 0 Å². The van der Waals surface area contributed by atoms with E-state index in [9.17, 15) is 35.2 Å². The van der Waals surface area contributed by atoms with E-state index in [-0.39, 0.29) is 19.6 Å². The van der Waals surface area contributed by atoms with E-state index in [0.29, 0.717) is 0 Å². The average molecular weight is 463 g/mol. The third-order valence-corrected chi connectivity index (χ3v) is 5.73. The van der Waals surface area contributed by atoms with Gasteiger partial charge in [-0.1, -0.05) is 0 Å². The van der Waals surface area contributed by atoms with Gasteiger partial charge < -0.3 is 65.1 Å². The molecule has 2 aliphatic rings. The Morgan fingerprint density at radius 1 is 0.867 bits per heavy atom. The van der Waals surface area contributed by atoms with E-state index in [1.165, 1.54) is 0 Å². The molecule has 10 N–H and O–H groups in total. The summed E-state index contributed by atoms with van der Waals surface area (Å²) in [6.45, 7) is -0.593. The number of aliphatic hydroxyl groups excluding tert-OH is 6. The van der Waals surface area contributed by atoms with Crippen molar-refractivity contribution in [2.24, 2.45) is 5.73 Å². The van der Waals surface area contributed by atoms with Gasteiger partial charge in [-0.2, -0.15) is 0 Å². The van der Waals surface area contributed by atoms with Crippen LogP contribution in [0, 0.1) is 0 Å². The zero-order valence-electron chi connectivity index (χ0n) is 16.0. The first-order chi connectivity index (χ1) is 14.0. The third kappa shape index (κ3) is 6.37. The first kappa shape index (κ1) is 26.0. The van der Waals surface area contributed by atoms with E-state index in [0.717, 1.165) is 0 Å². The lowest BCUT2D eigenvalue weighted by Gasteiger charge is -2.46. The lowest BCUT2D eigenvalue weighted by molar-refractivity contribution is -0.365. The summed E-state index contributed by atoms with van der Waals surface area (Å²) in [5, 5.41) is 60.1. The highest BCUT2D eigenvalue weighted by atomic mass is 31.2. The molecule has 10 atom stereocenters. The lowest BCUT2D eigenvalue weighted by Crippen LogP contribution is -2.64. The summed E-state index contributed by atoms with van der Waals surface area (Å²) in [5.74, 6) is 0. The first-order valence-corrected chi connectivity index (χ1v) is 11.1. The normalized spacial score (nSPS) is 43.0. The molecule has 178 valence electrons. The molecule has 2 fully saturated rings. The average Bonchev–Trinajstić information content (AvgIpc) is 2.69. The van der Waals surface area contributed by atoms with Gasteiger partial charge in [-0.15, -0.1) is 0 Å². The van der Waals surface area contributed by atoms with Crippen LogP contribution in [0.2, 0.25) is 0 Å². The minimum Gasteiger partial charge on any atom is -0.394 e. The van der Waals surface area contributed by atoms with Crippen molar-refractivity contribution in [3.63, 3.8) is 0 Å². The molecule has 2 saturated heterocycles.